The van der Waals surface area contributed by atoms with Gasteiger partial charge in [0.15, 0.2) is 0 Å². The highest BCUT2D eigenvalue weighted by molar-refractivity contribution is 6.11. The number of hydrogen-bond donors (Lipinski definition) is 0. The summed E-state index contributed by atoms with van der Waals surface area (Å²) in [6.07, 6.45) is 22.5. The normalized spacial score (nSPS) is 15.5. The fraction of sp³-hybridized carbons (Fsp3) is 0.438. The average molecular weight is 550 g/mol. The van der Waals surface area contributed by atoms with Crippen LogP contribution in [0.4, 0.5) is 0 Å². The third kappa shape index (κ3) is 11.0. The van der Waals surface area contributed by atoms with Crippen LogP contribution in [-0.2, 0) is 21.4 Å². The third-order valence-electron chi connectivity index (χ3n) is 6.08. The first-order chi connectivity index (χ1) is 19.5. The van der Waals surface area contributed by atoms with Gasteiger partial charge in [0.1, 0.15) is 5.76 Å². The highest BCUT2D eigenvalue weighted by Crippen LogP contribution is 2.24. The molecule has 0 N–H and O–H groups in total. The molecule has 0 radical (unpaired) electrons. The number of hydroxylamine groups is 2. The number of methoxy groups -OCH3 is 2. The Morgan fingerprint density at radius 2 is 1.98 bits per heavy atom. The van der Waals surface area contributed by atoms with Crippen LogP contribution in [0.2, 0.25) is 0 Å². The van der Waals surface area contributed by atoms with Gasteiger partial charge in [-0.1, -0.05) is 25.7 Å². The van der Waals surface area contributed by atoms with E-state index in [1.54, 1.807) is 18.9 Å². The monoisotopic (exact) mass is 549 g/mol. The molecular weight excluding hydrogens is 502 g/mol. The summed E-state index contributed by atoms with van der Waals surface area (Å²) in [5, 5.41) is 6.37. The minimum absolute atomic E-state index is 0.460. The summed E-state index contributed by atoms with van der Waals surface area (Å²) in [6, 6.07) is 0. The van der Waals surface area contributed by atoms with Crippen LogP contribution in [0.1, 0.15) is 38.7 Å². The smallest absolute Gasteiger partial charge is 0.101 e. The Morgan fingerprint density at radius 3 is 2.60 bits per heavy atom. The topological polar surface area (TPSA) is 64.4 Å². The summed E-state index contributed by atoms with van der Waals surface area (Å²) < 4.78 is 12.9. The van der Waals surface area contributed by atoms with Crippen molar-refractivity contribution in [3.63, 3.8) is 0 Å². The lowest BCUT2D eigenvalue weighted by molar-refractivity contribution is -0.155. The molecule has 0 saturated heterocycles. The van der Waals surface area contributed by atoms with Crippen molar-refractivity contribution >= 4 is 11.8 Å². The molecule has 2 rings (SSSR count). The van der Waals surface area contributed by atoms with Crippen LogP contribution in [-0.4, -0.2) is 79.6 Å². The number of allylic oxidation sites excluding steroid dienone is 6. The van der Waals surface area contributed by atoms with Crippen molar-refractivity contribution in [1.29, 1.82) is 0 Å². The molecule has 1 aliphatic rings. The van der Waals surface area contributed by atoms with E-state index in [1.165, 1.54) is 0 Å². The molecular formula is C32H47N5O3. The number of aryl methyl sites for hydroxylation is 1. The Labute approximate surface area is 240 Å². The van der Waals surface area contributed by atoms with Crippen molar-refractivity contribution in [2.75, 3.05) is 53.6 Å². The average Bonchev–Trinajstić information content (AvgIpc) is 3.39. The zero-order chi connectivity index (χ0) is 29.2. The first-order valence-electron chi connectivity index (χ1n) is 13.9. The molecule has 8 nitrogen and oxygen atoms in total. The maximum atomic E-state index is 5.85. The second-order valence-corrected chi connectivity index (χ2v) is 9.26. The Balaban J connectivity index is 2.51. The Hall–Kier alpha value is -3.46. The number of aromatic nitrogens is 2. The minimum atomic E-state index is 0.460. The van der Waals surface area contributed by atoms with Gasteiger partial charge in [-0.3, -0.25) is 14.5 Å². The van der Waals surface area contributed by atoms with Crippen LogP contribution in [0.25, 0.3) is 5.57 Å². The SMILES string of the molecule is C=C/C=C(\C=C1\C=C(c2cnn(C)c2)C=NC1)N(CCCN(CCC)OCC)C(/C=C(\CC=C)OC)=C/COC. The summed E-state index contributed by atoms with van der Waals surface area (Å²) in [4.78, 5) is 12.8. The molecule has 40 heavy (non-hydrogen) atoms. The molecule has 0 saturated carbocycles. The van der Waals surface area contributed by atoms with Crippen LogP contribution in [0.5, 0.6) is 0 Å². The molecule has 0 aromatic carbocycles. The largest absolute Gasteiger partial charge is 0.501 e. The highest BCUT2D eigenvalue weighted by Gasteiger charge is 2.16. The van der Waals surface area contributed by atoms with E-state index >= 15 is 0 Å². The van der Waals surface area contributed by atoms with Crippen molar-refractivity contribution in [3.8, 4) is 0 Å². The third-order valence-corrected chi connectivity index (χ3v) is 6.08. The fourth-order valence-corrected chi connectivity index (χ4v) is 4.28. The molecule has 1 aromatic rings. The van der Waals surface area contributed by atoms with E-state index in [0.717, 1.165) is 66.3 Å². The first kappa shape index (κ1) is 32.8. The van der Waals surface area contributed by atoms with Crippen molar-refractivity contribution < 1.29 is 14.3 Å². The number of nitrogens with zero attached hydrogens (tertiary/aromatic N) is 5. The second-order valence-electron chi connectivity index (χ2n) is 9.26. The number of dihydropyridines is 1. The molecule has 0 spiro atoms. The summed E-state index contributed by atoms with van der Waals surface area (Å²) >= 11 is 0. The van der Waals surface area contributed by atoms with Crippen LogP contribution in [0.15, 0.2) is 95.8 Å². The molecule has 0 unspecified atom stereocenters. The molecule has 1 aliphatic heterocycles. The van der Waals surface area contributed by atoms with E-state index in [4.69, 9.17) is 14.3 Å². The number of hydrogen-bond acceptors (Lipinski definition) is 7. The van der Waals surface area contributed by atoms with Crippen molar-refractivity contribution in [1.82, 2.24) is 19.7 Å². The van der Waals surface area contributed by atoms with E-state index in [-0.39, 0.29) is 0 Å². The maximum absolute atomic E-state index is 5.85. The Kier molecular flexibility index (Phi) is 15.4. The first-order valence-corrected chi connectivity index (χ1v) is 13.9. The zero-order valence-electron chi connectivity index (χ0n) is 25.0. The van der Waals surface area contributed by atoms with Gasteiger partial charge < -0.3 is 14.4 Å². The molecule has 0 bridgehead atoms. The lowest BCUT2D eigenvalue weighted by atomic mass is 10.0. The quantitative estimate of drug-likeness (QED) is 0.0930. The molecule has 218 valence electrons. The summed E-state index contributed by atoms with van der Waals surface area (Å²) in [5.41, 5.74) is 5.13. The van der Waals surface area contributed by atoms with Crippen LogP contribution >= 0.6 is 0 Å². The van der Waals surface area contributed by atoms with Gasteiger partial charge in [0.2, 0.25) is 0 Å². The Bertz CT molecular complexity index is 1120. The van der Waals surface area contributed by atoms with Gasteiger partial charge in [0.25, 0.3) is 0 Å². The fourth-order valence-electron chi connectivity index (χ4n) is 4.28. The second kappa shape index (κ2) is 18.8. The lowest BCUT2D eigenvalue weighted by Crippen LogP contribution is -2.30. The van der Waals surface area contributed by atoms with Crippen LogP contribution in [0.3, 0.4) is 0 Å². The van der Waals surface area contributed by atoms with Gasteiger partial charge in [0.05, 0.1) is 33.1 Å². The highest BCUT2D eigenvalue weighted by atomic mass is 16.7. The predicted octanol–water partition coefficient (Wildman–Crippen LogP) is 5.88. The van der Waals surface area contributed by atoms with Crippen LogP contribution in [0, 0.1) is 0 Å². The van der Waals surface area contributed by atoms with Gasteiger partial charge >= 0.3 is 0 Å². The summed E-state index contributed by atoms with van der Waals surface area (Å²) in [7, 11) is 5.30. The molecule has 0 amide bonds. The molecule has 0 aliphatic carbocycles. The summed E-state index contributed by atoms with van der Waals surface area (Å²) in [6.45, 7) is 16.2. The molecule has 8 heteroatoms. The van der Waals surface area contributed by atoms with Crippen molar-refractivity contribution in [2.45, 2.75) is 33.1 Å². The van der Waals surface area contributed by atoms with E-state index < -0.39 is 0 Å². The van der Waals surface area contributed by atoms with Gasteiger partial charge in [-0.05, 0) is 55.7 Å². The van der Waals surface area contributed by atoms with Crippen LogP contribution < -0.4 is 0 Å². The zero-order valence-corrected chi connectivity index (χ0v) is 25.0. The molecule has 2 heterocycles. The van der Waals surface area contributed by atoms with Gasteiger partial charge in [-0.2, -0.15) is 10.2 Å². The van der Waals surface area contributed by atoms with Gasteiger partial charge in [0, 0.05) is 75.2 Å². The minimum Gasteiger partial charge on any atom is -0.501 e. The van der Waals surface area contributed by atoms with Crippen molar-refractivity contribution in [3.05, 3.63) is 96.4 Å². The standard InChI is InChI=1S/C32H47N5O3/c1-8-13-30(21-27-20-28(24-33-23-27)29-25-34-35(5)26-29)37(18-12-17-36(16-10-3)40-11-4)31(15-19-38-6)22-32(39-7)14-9-2/h8-9,13,15,20-22,24-26H,1-2,10-12,14,16-19,23H2,3-7H3/b27-21-,30-13+,31-15+,32-22+. The lowest BCUT2D eigenvalue weighted by Gasteiger charge is -2.29. The molecule has 1 aromatic heterocycles. The van der Waals surface area contributed by atoms with Crippen molar-refractivity contribution in [2.24, 2.45) is 12.0 Å². The number of aliphatic imine (C=N–C) groups is 1. The van der Waals surface area contributed by atoms with E-state index in [9.17, 15) is 0 Å². The molecule has 0 atom stereocenters. The van der Waals surface area contributed by atoms with Gasteiger partial charge in [-0.25, -0.2) is 0 Å². The summed E-state index contributed by atoms with van der Waals surface area (Å²) in [5.74, 6) is 0.816. The van der Waals surface area contributed by atoms with E-state index in [0.29, 0.717) is 26.2 Å². The van der Waals surface area contributed by atoms with E-state index in [1.807, 2.05) is 50.8 Å². The van der Waals surface area contributed by atoms with Gasteiger partial charge in [-0.15, -0.1) is 6.58 Å². The number of rotatable bonds is 19. The van der Waals surface area contributed by atoms with E-state index in [2.05, 4.69) is 64.4 Å². The maximum Gasteiger partial charge on any atom is 0.101 e. The predicted molar refractivity (Wildman–Crippen MR) is 166 cm³/mol. The Morgan fingerprint density at radius 1 is 1.15 bits per heavy atom. The molecule has 0 fully saturated rings. The number of ether oxygens (including phenoxy) is 2.